The third kappa shape index (κ3) is 2.73. The van der Waals surface area contributed by atoms with Gasteiger partial charge in [-0.2, -0.15) is 0 Å². The van der Waals surface area contributed by atoms with Gasteiger partial charge in [-0.1, -0.05) is 19.8 Å². The summed E-state index contributed by atoms with van der Waals surface area (Å²) < 4.78 is 0. The van der Waals surface area contributed by atoms with Gasteiger partial charge in [0.1, 0.15) is 0 Å². The third-order valence-electron chi connectivity index (χ3n) is 4.37. The lowest BCUT2D eigenvalue weighted by atomic mass is 9.85. The van der Waals surface area contributed by atoms with Crippen LogP contribution in [0.2, 0.25) is 0 Å². The Labute approximate surface area is 94.4 Å². The first-order valence-corrected chi connectivity index (χ1v) is 6.76. The molecule has 0 heterocycles. The first-order valence-electron chi connectivity index (χ1n) is 6.76. The van der Waals surface area contributed by atoms with Crippen molar-refractivity contribution in [1.82, 2.24) is 10.2 Å². The van der Waals surface area contributed by atoms with E-state index in [1.807, 2.05) is 0 Å². The summed E-state index contributed by atoms with van der Waals surface area (Å²) in [6.45, 7) is 3.35. The second-order valence-electron chi connectivity index (χ2n) is 5.33. The fourth-order valence-electron chi connectivity index (χ4n) is 3.10. The molecule has 0 radical (unpaired) electrons. The summed E-state index contributed by atoms with van der Waals surface area (Å²) in [4.78, 5) is 2.67. The van der Waals surface area contributed by atoms with Crippen molar-refractivity contribution in [2.75, 3.05) is 13.6 Å². The molecule has 0 aromatic heterocycles. The van der Waals surface area contributed by atoms with E-state index >= 15 is 0 Å². The Morgan fingerprint density at radius 3 is 2.33 bits per heavy atom. The van der Waals surface area contributed by atoms with E-state index < -0.39 is 0 Å². The van der Waals surface area contributed by atoms with Crippen molar-refractivity contribution in [3.63, 3.8) is 0 Å². The van der Waals surface area contributed by atoms with Gasteiger partial charge >= 0.3 is 0 Å². The highest BCUT2D eigenvalue weighted by molar-refractivity contribution is 4.88. The van der Waals surface area contributed by atoms with Gasteiger partial charge in [-0.15, -0.1) is 0 Å². The molecule has 88 valence electrons. The Morgan fingerprint density at radius 1 is 1.07 bits per heavy atom. The van der Waals surface area contributed by atoms with Crippen LogP contribution >= 0.6 is 0 Å². The molecule has 1 N–H and O–H groups in total. The zero-order chi connectivity index (χ0) is 10.7. The molecule has 0 aromatic rings. The molecule has 2 rings (SSSR count). The summed E-state index contributed by atoms with van der Waals surface area (Å²) in [6.07, 6.45) is 9.95. The minimum Gasteiger partial charge on any atom is -0.314 e. The van der Waals surface area contributed by atoms with Crippen LogP contribution in [0.4, 0.5) is 0 Å². The quantitative estimate of drug-likeness (QED) is 0.766. The molecule has 2 saturated carbocycles. The number of nitrogens with zero attached hydrogens (tertiary/aromatic N) is 1. The van der Waals surface area contributed by atoms with Crippen molar-refractivity contribution in [2.24, 2.45) is 0 Å². The van der Waals surface area contributed by atoms with E-state index in [1.54, 1.807) is 0 Å². The van der Waals surface area contributed by atoms with E-state index in [0.29, 0.717) is 0 Å². The van der Waals surface area contributed by atoms with Crippen molar-refractivity contribution in [3.05, 3.63) is 0 Å². The van der Waals surface area contributed by atoms with E-state index in [1.165, 1.54) is 44.9 Å². The van der Waals surface area contributed by atoms with Crippen molar-refractivity contribution < 1.29 is 0 Å². The number of hydrogen-bond donors (Lipinski definition) is 1. The predicted octanol–water partition coefficient (Wildman–Crippen LogP) is 2.39. The summed E-state index contributed by atoms with van der Waals surface area (Å²) >= 11 is 0. The summed E-state index contributed by atoms with van der Waals surface area (Å²) in [5.74, 6) is 0. The van der Waals surface area contributed by atoms with Crippen molar-refractivity contribution in [2.45, 2.75) is 70.0 Å². The van der Waals surface area contributed by atoms with Crippen molar-refractivity contribution in [1.29, 1.82) is 0 Å². The molecule has 2 aliphatic rings. The van der Waals surface area contributed by atoms with Crippen molar-refractivity contribution >= 4 is 0 Å². The van der Waals surface area contributed by atoms with Crippen LogP contribution < -0.4 is 5.32 Å². The molecule has 2 fully saturated rings. The molecule has 2 unspecified atom stereocenters. The molecule has 0 saturated heterocycles. The van der Waals surface area contributed by atoms with E-state index in [2.05, 4.69) is 24.2 Å². The molecule has 0 aromatic carbocycles. The Morgan fingerprint density at radius 2 is 1.73 bits per heavy atom. The van der Waals surface area contributed by atoms with Crippen LogP contribution in [-0.4, -0.2) is 36.6 Å². The summed E-state index contributed by atoms with van der Waals surface area (Å²) in [6, 6.07) is 2.56. The van der Waals surface area contributed by atoms with E-state index in [4.69, 9.17) is 0 Å². The predicted molar refractivity (Wildman–Crippen MR) is 65.1 cm³/mol. The van der Waals surface area contributed by atoms with Crippen LogP contribution in [0.15, 0.2) is 0 Å². The molecular weight excluding hydrogens is 184 g/mol. The molecule has 2 aliphatic carbocycles. The van der Waals surface area contributed by atoms with Gasteiger partial charge in [-0.25, -0.2) is 0 Å². The lowest BCUT2D eigenvalue weighted by Gasteiger charge is -2.43. The Hall–Kier alpha value is -0.0800. The van der Waals surface area contributed by atoms with E-state index in [0.717, 1.165) is 24.7 Å². The molecule has 0 spiro atoms. The van der Waals surface area contributed by atoms with Crippen LogP contribution in [0.5, 0.6) is 0 Å². The molecule has 15 heavy (non-hydrogen) atoms. The fourth-order valence-corrected chi connectivity index (χ4v) is 3.10. The lowest BCUT2D eigenvalue weighted by molar-refractivity contribution is 0.0791. The topological polar surface area (TPSA) is 15.3 Å². The van der Waals surface area contributed by atoms with Crippen LogP contribution in [0, 0.1) is 0 Å². The van der Waals surface area contributed by atoms with E-state index in [-0.39, 0.29) is 0 Å². The second kappa shape index (κ2) is 5.31. The Balaban J connectivity index is 1.80. The first-order chi connectivity index (χ1) is 7.31. The maximum Gasteiger partial charge on any atom is 0.0110 e. The van der Waals surface area contributed by atoms with E-state index in [9.17, 15) is 0 Å². The second-order valence-corrected chi connectivity index (χ2v) is 5.33. The molecule has 0 bridgehead atoms. The first kappa shape index (κ1) is 11.4. The molecular formula is C13H26N2. The van der Waals surface area contributed by atoms with Gasteiger partial charge in [-0.05, 0) is 45.7 Å². The fraction of sp³-hybridized carbons (Fsp3) is 1.00. The maximum atomic E-state index is 3.62. The van der Waals surface area contributed by atoms with Crippen LogP contribution in [0.1, 0.15) is 51.9 Å². The number of hydrogen-bond acceptors (Lipinski definition) is 2. The molecule has 2 atom stereocenters. The summed E-state index contributed by atoms with van der Waals surface area (Å²) in [5.41, 5.74) is 0. The maximum absolute atomic E-state index is 3.62. The van der Waals surface area contributed by atoms with Crippen LogP contribution in [0.3, 0.4) is 0 Å². The van der Waals surface area contributed by atoms with Gasteiger partial charge in [0, 0.05) is 18.1 Å². The van der Waals surface area contributed by atoms with Gasteiger partial charge in [-0.3, -0.25) is 0 Å². The number of rotatable bonds is 4. The number of nitrogens with one attached hydrogen (secondary N) is 1. The molecule has 2 heteroatoms. The molecule has 2 nitrogen and oxygen atoms in total. The molecule has 0 amide bonds. The Kier molecular flexibility index (Phi) is 4.04. The minimum atomic E-state index is 0.788. The monoisotopic (exact) mass is 210 g/mol. The largest absolute Gasteiger partial charge is 0.314 e. The van der Waals surface area contributed by atoms with Gasteiger partial charge < -0.3 is 10.2 Å². The highest BCUT2D eigenvalue weighted by Gasteiger charge is 2.30. The third-order valence-corrected chi connectivity index (χ3v) is 4.37. The summed E-state index contributed by atoms with van der Waals surface area (Å²) in [7, 11) is 2.35. The lowest BCUT2D eigenvalue weighted by Crippen LogP contribution is -2.48. The van der Waals surface area contributed by atoms with Gasteiger partial charge in [0.15, 0.2) is 0 Å². The normalized spacial score (nSPS) is 33.0. The SMILES string of the molecule is CCNC1CCCC(N(C)C2CCC2)C1. The minimum absolute atomic E-state index is 0.788. The van der Waals surface area contributed by atoms with Crippen LogP contribution in [-0.2, 0) is 0 Å². The Bertz CT molecular complexity index is 187. The highest BCUT2D eigenvalue weighted by atomic mass is 15.2. The van der Waals surface area contributed by atoms with Crippen molar-refractivity contribution in [3.8, 4) is 0 Å². The van der Waals surface area contributed by atoms with Gasteiger partial charge in [0.05, 0.1) is 0 Å². The zero-order valence-corrected chi connectivity index (χ0v) is 10.3. The average Bonchev–Trinajstić information content (AvgIpc) is 2.16. The average molecular weight is 210 g/mol. The van der Waals surface area contributed by atoms with Crippen LogP contribution in [0.25, 0.3) is 0 Å². The zero-order valence-electron chi connectivity index (χ0n) is 10.3. The smallest absolute Gasteiger partial charge is 0.0110 e. The highest BCUT2D eigenvalue weighted by Crippen LogP contribution is 2.30. The standard InChI is InChI=1S/C13H26N2/c1-3-14-11-6-4-9-13(10-11)15(2)12-7-5-8-12/h11-14H,3-10H2,1-2H3. The summed E-state index contributed by atoms with van der Waals surface area (Å²) in [5, 5.41) is 3.62. The molecule has 0 aliphatic heterocycles. The van der Waals surface area contributed by atoms with Gasteiger partial charge in [0.2, 0.25) is 0 Å². The van der Waals surface area contributed by atoms with Gasteiger partial charge in [0.25, 0.3) is 0 Å².